The highest BCUT2D eigenvalue weighted by molar-refractivity contribution is 7.18. The number of anilines is 1. The number of nitrogens with one attached hydrogen (secondary N) is 2. The smallest absolute Gasteiger partial charge is 0.277 e. The summed E-state index contributed by atoms with van der Waals surface area (Å²) < 4.78 is 0. The first-order valence-corrected chi connectivity index (χ1v) is 7.59. The van der Waals surface area contributed by atoms with E-state index in [2.05, 4.69) is 31.8 Å². The van der Waals surface area contributed by atoms with Gasteiger partial charge in [0.1, 0.15) is 5.01 Å². The number of rotatable bonds is 3. The highest BCUT2D eigenvalue weighted by Gasteiger charge is 2.14. The molecule has 6 nitrogen and oxygen atoms in total. The van der Waals surface area contributed by atoms with Crippen molar-refractivity contribution in [2.75, 3.05) is 5.32 Å². The van der Waals surface area contributed by atoms with E-state index in [0.717, 1.165) is 21.8 Å². The number of amides is 1. The first kappa shape index (κ1) is 14.4. The summed E-state index contributed by atoms with van der Waals surface area (Å²) in [5.74, 6) is -0.298. The second-order valence-electron chi connectivity index (χ2n) is 5.12. The summed E-state index contributed by atoms with van der Waals surface area (Å²) in [4.78, 5) is 12.0. The Balaban J connectivity index is 1.80. The van der Waals surface area contributed by atoms with Crippen LogP contribution in [0.25, 0.3) is 10.6 Å². The molecule has 3 rings (SSSR count). The van der Waals surface area contributed by atoms with Crippen molar-refractivity contribution in [1.29, 1.82) is 0 Å². The minimum Gasteiger partial charge on any atom is -0.295 e. The van der Waals surface area contributed by atoms with E-state index < -0.39 is 0 Å². The topological polar surface area (TPSA) is 83.6 Å². The van der Waals surface area contributed by atoms with Crippen LogP contribution in [0.5, 0.6) is 0 Å². The minimum atomic E-state index is -0.298. The molecule has 0 saturated carbocycles. The monoisotopic (exact) mass is 313 g/mol. The SMILES string of the molecule is Cc1ccc(-c2nnc(NC(=O)c3cc(C)[nH]n3)s2)c(C)c1. The quantitative estimate of drug-likeness (QED) is 0.778. The molecule has 2 N–H and O–H groups in total. The zero-order valence-corrected chi connectivity index (χ0v) is 13.3. The van der Waals surface area contributed by atoms with Crippen molar-refractivity contribution in [3.63, 3.8) is 0 Å². The van der Waals surface area contributed by atoms with Crippen LogP contribution in [-0.2, 0) is 0 Å². The second-order valence-corrected chi connectivity index (χ2v) is 6.10. The summed E-state index contributed by atoms with van der Waals surface area (Å²) in [5.41, 5.74) is 4.53. The van der Waals surface area contributed by atoms with E-state index in [-0.39, 0.29) is 5.91 Å². The molecule has 0 spiro atoms. The summed E-state index contributed by atoms with van der Waals surface area (Å²) in [6.45, 7) is 5.93. The number of hydrogen-bond acceptors (Lipinski definition) is 5. The number of aromatic nitrogens is 4. The molecule has 0 bridgehead atoms. The van der Waals surface area contributed by atoms with E-state index in [9.17, 15) is 4.79 Å². The third-order valence-corrected chi connectivity index (χ3v) is 4.07. The van der Waals surface area contributed by atoms with Crippen molar-refractivity contribution in [2.45, 2.75) is 20.8 Å². The first-order valence-electron chi connectivity index (χ1n) is 6.77. The fourth-order valence-corrected chi connectivity index (χ4v) is 2.96. The lowest BCUT2D eigenvalue weighted by Gasteiger charge is -2.02. The van der Waals surface area contributed by atoms with Crippen LogP contribution in [0.3, 0.4) is 0 Å². The van der Waals surface area contributed by atoms with E-state index in [0.29, 0.717) is 10.8 Å². The third-order valence-electron chi connectivity index (χ3n) is 3.20. The molecule has 0 aliphatic heterocycles. The molecule has 1 amide bonds. The third kappa shape index (κ3) is 2.89. The normalized spacial score (nSPS) is 10.7. The van der Waals surface area contributed by atoms with Crippen molar-refractivity contribution in [2.24, 2.45) is 0 Å². The molecule has 22 heavy (non-hydrogen) atoms. The highest BCUT2D eigenvalue weighted by atomic mass is 32.1. The van der Waals surface area contributed by atoms with Gasteiger partial charge in [-0.1, -0.05) is 35.1 Å². The Hall–Kier alpha value is -2.54. The van der Waals surface area contributed by atoms with Gasteiger partial charge in [-0.25, -0.2) is 0 Å². The highest BCUT2D eigenvalue weighted by Crippen LogP contribution is 2.29. The van der Waals surface area contributed by atoms with Gasteiger partial charge in [0.05, 0.1) is 0 Å². The van der Waals surface area contributed by atoms with Crippen LogP contribution in [0.2, 0.25) is 0 Å². The summed E-state index contributed by atoms with van der Waals surface area (Å²) in [5, 5.41) is 18.8. The molecule has 1 aromatic carbocycles. The van der Waals surface area contributed by atoms with Crippen LogP contribution < -0.4 is 5.32 Å². The van der Waals surface area contributed by atoms with Crippen LogP contribution in [-0.4, -0.2) is 26.3 Å². The molecule has 3 aromatic rings. The largest absolute Gasteiger partial charge is 0.295 e. The van der Waals surface area contributed by atoms with Crippen LogP contribution >= 0.6 is 11.3 Å². The molecule has 2 aromatic heterocycles. The Morgan fingerprint density at radius 3 is 2.68 bits per heavy atom. The Labute approximate surface area is 131 Å². The Kier molecular flexibility index (Phi) is 3.72. The van der Waals surface area contributed by atoms with Gasteiger partial charge in [-0.3, -0.25) is 15.2 Å². The Morgan fingerprint density at radius 2 is 2.00 bits per heavy atom. The van der Waals surface area contributed by atoms with Gasteiger partial charge in [-0.05, 0) is 32.4 Å². The number of carbonyl (C=O) groups excluding carboxylic acids is 1. The maximum Gasteiger partial charge on any atom is 0.277 e. The first-order chi connectivity index (χ1) is 10.5. The zero-order valence-electron chi connectivity index (χ0n) is 12.5. The van der Waals surface area contributed by atoms with Crippen molar-refractivity contribution in [3.05, 3.63) is 46.8 Å². The summed E-state index contributed by atoms with van der Waals surface area (Å²) in [6.07, 6.45) is 0. The van der Waals surface area contributed by atoms with Crippen molar-refractivity contribution in [3.8, 4) is 10.6 Å². The number of H-pyrrole nitrogens is 1. The molecule has 7 heteroatoms. The van der Waals surface area contributed by atoms with Gasteiger partial charge in [-0.15, -0.1) is 10.2 Å². The molecule has 0 aliphatic rings. The summed E-state index contributed by atoms with van der Waals surface area (Å²) in [6, 6.07) is 7.84. The van der Waals surface area contributed by atoms with Gasteiger partial charge in [-0.2, -0.15) is 5.10 Å². The maximum atomic E-state index is 12.0. The number of nitrogens with zero attached hydrogens (tertiary/aromatic N) is 3. The van der Waals surface area contributed by atoms with Gasteiger partial charge in [0.15, 0.2) is 5.69 Å². The number of carbonyl (C=O) groups is 1. The molecular weight excluding hydrogens is 298 g/mol. The molecule has 0 radical (unpaired) electrons. The predicted octanol–water partition coefficient (Wildman–Crippen LogP) is 3.11. The number of aromatic amines is 1. The van der Waals surface area contributed by atoms with Crippen LogP contribution in [0.4, 0.5) is 5.13 Å². The van der Waals surface area contributed by atoms with Crippen molar-refractivity contribution < 1.29 is 4.79 Å². The van der Waals surface area contributed by atoms with Crippen molar-refractivity contribution in [1.82, 2.24) is 20.4 Å². The molecule has 0 unspecified atom stereocenters. The number of benzene rings is 1. The molecule has 0 atom stereocenters. The number of hydrogen-bond donors (Lipinski definition) is 2. The lowest BCUT2D eigenvalue weighted by atomic mass is 10.1. The van der Waals surface area contributed by atoms with Gasteiger partial charge in [0, 0.05) is 11.3 Å². The van der Waals surface area contributed by atoms with E-state index in [4.69, 9.17) is 0 Å². The van der Waals surface area contributed by atoms with Crippen LogP contribution in [0.15, 0.2) is 24.3 Å². The fourth-order valence-electron chi connectivity index (χ4n) is 2.13. The summed E-state index contributed by atoms with van der Waals surface area (Å²) >= 11 is 1.34. The summed E-state index contributed by atoms with van der Waals surface area (Å²) in [7, 11) is 0. The van der Waals surface area contributed by atoms with Crippen LogP contribution in [0, 0.1) is 20.8 Å². The van der Waals surface area contributed by atoms with Crippen molar-refractivity contribution >= 4 is 22.4 Å². The Morgan fingerprint density at radius 1 is 1.18 bits per heavy atom. The second kappa shape index (κ2) is 5.69. The Bertz CT molecular complexity index is 836. The van der Waals surface area contributed by atoms with Gasteiger partial charge < -0.3 is 0 Å². The molecular formula is C15H15N5OS. The predicted molar refractivity (Wildman–Crippen MR) is 86.1 cm³/mol. The lowest BCUT2D eigenvalue weighted by molar-refractivity contribution is 0.102. The minimum absolute atomic E-state index is 0.298. The lowest BCUT2D eigenvalue weighted by Crippen LogP contribution is -2.12. The van der Waals surface area contributed by atoms with Gasteiger partial charge in [0.25, 0.3) is 5.91 Å². The average molecular weight is 313 g/mol. The van der Waals surface area contributed by atoms with E-state index >= 15 is 0 Å². The van der Waals surface area contributed by atoms with Crippen LogP contribution in [0.1, 0.15) is 27.3 Å². The standard InChI is InChI=1S/C15H15N5OS/c1-8-4-5-11(9(2)6-8)14-19-20-15(22-14)16-13(21)12-7-10(3)17-18-12/h4-7H,1-3H3,(H,17,18)(H,16,20,21). The molecule has 112 valence electrons. The molecule has 2 heterocycles. The van der Waals surface area contributed by atoms with E-state index in [1.54, 1.807) is 6.07 Å². The van der Waals surface area contributed by atoms with Gasteiger partial charge in [0.2, 0.25) is 5.13 Å². The fraction of sp³-hybridized carbons (Fsp3) is 0.200. The number of aryl methyl sites for hydroxylation is 3. The van der Waals surface area contributed by atoms with Gasteiger partial charge >= 0.3 is 0 Å². The van der Waals surface area contributed by atoms with E-state index in [1.807, 2.05) is 32.9 Å². The van der Waals surface area contributed by atoms with E-state index in [1.165, 1.54) is 16.9 Å². The average Bonchev–Trinajstić information content (AvgIpc) is 3.08. The molecule has 0 fully saturated rings. The molecule has 0 saturated heterocycles. The molecule has 0 aliphatic carbocycles. The maximum absolute atomic E-state index is 12.0. The zero-order chi connectivity index (χ0) is 15.7.